The molecular formula is C31H30N2O. The fourth-order valence-corrected chi connectivity index (χ4v) is 3.79. The molecular weight excluding hydrogens is 416 g/mol. The summed E-state index contributed by atoms with van der Waals surface area (Å²) in [6, 6.07) is 43.7. The van der Waals surface area contributed by atoms with Gasteiger partial charge in [0.1, 0.15) is 5.75 Å². The number of methoxy groups -OCH3 is 1. The Balaban J connectivity index is 0.000000398. The molecule has 0 N–H and O–H groups in total. The molecule has 0 aromatic heterocycles. The third-order valence-electron chi connectivity index (χ3n) is 5.85. The lowest BCUT2D eigenvalue weighted by Gasteiger charge is -2.23. The van der Waals surface area contributed by atoms with Crippen molar-refractivity contribution in [2.75, 3.05) is 31.0 Å². The van der Waals surface area contributed by atoms with Crippen molar-refractivity contribution in [1.29, 1.82) is 0 Å². The number of benzene rings is 5. The summed E-state index contributed by atoms with van der Waals surface area (Å²) < 4.78 is 5.34. The molecule has 0 unspecified atom stereocenters. The molecule has 0 bridgehead atoms. The molecule has 0 amide bonds. The molecule has 0 aliphatic heterocycles. The van der Waals surface area contributed by atoms with E-state index < -0.39 is 0 Å². The first-order valence-electron chi connectivity index (χ1n) is 11.4. The summed E-state index contributed by atoms with van der Waals surface area (Å²) in [5.74, 6) is 0.858. The Labute approximate surface area is 202 Å². The number of nitrogens with zero attached hydrogens (tertiary/aromatic N) is 2. The summed E-state index contributed by atoms with van der Waals surface area (Å²) in [5.41, 5.74) is 4.55. The molecule has 0 aliphatic rings. The molecule has 0 atom stereocenters. The second-order valence-corrected chi connectivity index (χ2v) is 8.02. The van der Waals surface area contributed by atoms with Gasteiger partial charge in [0.2, 0.25) is 0 Å². The zero-order valence-electron chi connectivity index (χ0n) is 19.9. The lowest BCUT2D eigenvalue weighted by atomic mass is 10.1. The van der Waals surface area contributed by atoms with Crippen molar-refractivity contribution in [3.05, 3.63) is 127 Å². The summed E-state index contributed by atoms with van der Waals surface area (Å²) in [6.45, 7) is 0. The Hall–Kier alpha value is -4.24. The topological polar surface area (TPSA) is 15.7 Å². The predicted molar refractivity (Wildman–Crippen MR) is 146 cm³/mol. The predicted octanol–water partition coefficient (Wildman–Crippen LogP) is 8.07. The Morgan fingerprint density at radius 2 is 0.941 bits per heavy atom. The Morgan fingerprint density at radius 3 is 1.50 bits per heavy atom. The Bertz CT molecular complexity index is 1290. The van der Waals surface area contributed by atoms with Crippen LogP contribution in [0.1, 0.15) is 0 Å². The first-order chi connectivity index (χ1) is 16.7. The van der Waals surface area contributed by atoms with Crippen molar-refractivity contribution in [2.24, 2.45) is 0 Å². The zero-order valence-corrected chi connectivity index (χ0v) is 19.9. The maximum absolute atomic E-state index is 5.34. The summed E-state index contributed by atoms with van der Waals surface area (Å²) in [5, 5.41) is 2.51. The molecule has 0 radical (unpaired) electrons. The van der Waals surface area contributed by atoms with E-state index in [9.17, 15) is 0 Å². The highest BCUT2D eigenvalue weighted by atomic mass is 16.5. The van der Waals surface area contributed by atoms with Crippen molar-refractivity contribution in [1.82, 2.24) is 0 Å². The standard InChI is InChI=1S/C25H24N2O.C6H6/c1-26(23-9-6-10-25(18-23)28-3)21-13-15-22(16-14-21)27(2)24-12-11-19-7-4-5-8-20(19)17-24;1-2-4-6-5-3-1/h4-18H,1-3H3;1-6H. The van der Waals surface area contributed by atoms with Gasteiger partial charge in [0.25, 0.3) is 0 Å². The number of hydrogen-bond donors (Lipinski definition) is 0. The van der Waals surface area contributed by atoms with Gasteiger partial charge < -0.3 is 14.5 Å². The Kier molecular flexibility index (Phi) is 7.46. The minimum absolute atomic E-state index is 0.858. The molecule has 34 heavy (non-hydrogen) atoms. The summed E-state index contributed by atoms with van der Waals surface area (Å²) in [7, 11) is 5.86. The summed E-state index contributed by atoms with van der Waals surface area (Å²) in [4.78, 5) is 4.37. The van der Waals surface area contributed by atoms with E-state index >= 15 is 0 Å². The largest absolute Gasteiger partial charge is 0.497 e. The van der Waals surface area contributed by atoms with Crippen molar-refractivity contribution < 1.29 is 4.74 Å². The van der Waals surface area contributed by atoms with Crippen LogP contribution in [0, 0.1) is 0 Å². The highest BCUT2D eigenvalue weighted by molar-refractivity contribution is 5.87. The number of anilines is 4. The molecule has 3 nitrogen and oxygen atoms in total. The van der Waals surface area contributed by atoms with Gasteiger partial charge in [0.05, 0.1) is 7.11 Å². The van der Waals surface area contributed by atoms with Gasteiger partial charge in [-0.25, -0.2) is 0 Å². The number of fused-ring (bicyclic) bond motifs is 1. The fraction of sp³-hybridized carbons (Fsp3) is 0.0968. The highest BCUT2D eigenvalue weighted by Gasteiger charge is 2.08. The Morgan fingerprint density at radius 1 is 0.441 bits per heavy atom. The van der Waals surface area contributed by atoms with Gasteiger partial charge in [-0.1, -0.05) is 72.8 Å². The molecule has 0 saturated heterocycles. The van der Waals surface area contributed by atoms with Crippen LogP contribution in [0.3, 0.4) is 0 Å². The quantitative estimate of drug-likeness (QED) is 0.271. The van der Waals surface area contributed by atoms with Crippen LogP contribution in [-0.2, 0) is 0 Å². The third-order valence-corrected chi connectivity index (χ3v) is 5.85. The maximum Gasteiger partial charge on any atom is 0.120 e. The van der Waals surface area contributed by atoms with E-state index in [4.69, 9.17) is 4.74 Å². The lowest BCUT2D eigenvalue weighted by Crippen LogP contribution is -2.11. The van der Waals surface area contributed by atoms with Gasteiger partial charge in [-0.2, -0.15) is 0 Å². The van der Waals surface area contributed by atoms with Gasteiger partial charge in [-0.15, -0.1) is 0 Å². The van der Waals surface area contributed by atoms with Crippen LogP contribution in [-0.4, -0.2) is 21.2 Å². The van der Waals surface area contributed by atoms with Crippen molar-refractivity contribution in [3.63, 3.8) is 0 Å². The fourth-order valence-electron chi connectivity index (χ4n) is 3.79. The zero-order chi connectivity index (χ0) is 23.8. The lowest BCUT2D eigenvalue weighted by molar-refractivity contribution is 0.415. The van der Waals surface area contributed by atoms with E-state index in [2.05, 4.69) is 96.7 Å². The van der Waals surface area contributed by atoms with Gasteiger partial charge in [0.15, 0.2) is 0 Å². The van der Waals surface area contributed by atoms with Crippen LogP contribution >= 0.6 is 0 Å². The maximum atomic E-state index is 5.34. The second kappa shape index (κ2) is 11.1. The first-order valence-corrected chi connectivity index (χ1v) is 11.4. The minimum Gasteiger partial charge on any atom is -0.497 e. The van der Waals surface area contributed by atoms with Crippen LogP contribution in [0.2, 0.25) is 0 Å². The van der Waals surface area contributed by atoms with Crippen LogP contribution in [0.4, 0.5) is 22.7 Å². The molecule has 0 fully saturated rings. The molecule has 0 aliphatic carbocycles. The number of hydrogen-bond acceptors (Lipinski definition) is 3. The van der Waals surface area contributed by atoms with E-state index in [1.807, 2.05) is 54.6 Å². The van der Waals surface area contributed by atoms with E-state index in [0.717, 1.165) is 22.8 Å². The summed E-state index contributed by atoms with van der Waals surface area (Å²) in [6.07, 6.45) is 0. The van der Waals surface area contributed by atoms with Crippen LogP contribution in [0.5, 0.6) is 5.75 Å². The SMILES string of the molecule is COc1cccc(N(C)c2ccc(N(C)c3ccc4ccccc4c3)cc2)c1.c1ccccc1. The normalized spacial score (nSPS) is 10.2. The average molecular weight is 447 g/mol. The molecule has 0 heterocycles. The second-order valence-electron chi connectivity index (χ2n) is 8.02. The number of ether oxygens (including phenoxy) is 1. The molecule has 0 saturated carbocycles. The molecule has 5 aromatic carbocycles. The molecule has 3 heteroatoms. The van der Waals surface area contributed by atoms with Crippen LogP contribution < -0.4 is 14.5 Å². The van der Waals surface area contributed by atoms with E-state index in [1.54, 1.807) is 7.11 Å². The van der Waals surface area contributed by atoms with E-state index in [-0.39, 0.29) is 0 Å². The summed E-state index contributed by atoms with van der Waals surface area (Å²) >= 11 is 0. The van der Waals surface area contributed by atoms with Gasteiger partial charge in [-0.05, 0) is 59.3 Å². The van der Waals surface area contributed by atoms with Crippen LogP contribution in [0.25, 0.3) is 10.8 Å². The van der Waals surface area contributed by atoms with Gasteiger partial charge in [0, 0.05) is 42.9 Å². The molecule has 170 valence electrons. The minimum atomic E-state index is 0.858. The van der Waals surface area contributed by atoms with Crippen molar-refractivity contribution >= 4 is 33.5 Å². The highest BCUT2D eigenvalue weighted by Crippen LogP contribution is 2.31. The average Bonchev–Trinajstić information content (AvgIpc) is 2.93. The smallest absolute Gasteiger partial charge is 0.120 e. The van der Waals surface area contributed by atoms with Crippen molar-refractivity contribution in [3.8, 4) is 5.75 Å². The van der Waals surface area contributed by atoms with Crippen molar-refractivity contribution in [2.45, 2.75) is 0 Å². The van der Waals surface area contributed by atoms with Crippen LogP contribution in [0.15, 0.2) is 127 Å². The third kappa shape index (κ3) is 5.57. The van der Waals surface area contributed by atoms with Gasteiger partial charge >= 0.3 is 0 Å². The van der Waals surface area contributed by atoms with E-state index in [0.29, 0.717) is 0 Å². The molecule has 5 aromatic rings. The first kappa shape index (κ1) is 22.9. The van der Waals surface area contributed by atoms with Gasteiger partial charge in [-0.3, -0.25) is 0 Å². The van der Waals surface area contributed by atoms with E-state index in [1.165, 1.54) is 16.5 Å². The molecule has 5 rings (SSSR count). The molecule has 0 spiro atoms. The number of rotatable bonds is 5. The monoisotopic (exact) mass is 446 g/mol.